The zero-order chi connectivity index (χ0) is 30.6. The van der Waals surface area contributed by atoms with Crippen LogP contribution in [0, 0.1) is 25.7 Å². The lowest BCUT2D eigenvalue weighted by Gasteiger charge is -2.27. The van der Waals surface area contributed by atoms with Gasteiger partial charge in [-0.25, -0.2) is 9.59 Å². The average Bonchev–Trinajstić information content (AvgIpc) is 3.56. The van der Waals surface area contributed by atoms with Crippen LogP contribution in [0.15, 0.2) is 53.7 Å². The van der Waals surface area contributed by atoms with Gasteiger partial charge in [0.1, 0.15) is 5.75 Å². The third-order valence-electron chi connectivity index (χ3n) is 7.44. The number of ether oxygens (including phenoxy) is 3. The molecule has 3 aromatic rings. The molecule has 224 valence electrons. The van der Waals surface area contributed by atoms with Gasteiger partial charge in [-0.3, -0.25) is 9.48 Å². The molecule has 2 aromatic carbocycles. The van der Waals surface area contributed by atoms with E-state index in [4.69, 9.17) is 14.2 Å². The van der Waals surface area contributed by atoms with Crippen molar-refractivity contribution in [2.45, 2.75) is 51.5 Å². The number of benzene rings is 2. The molecule has 0 spiro atoms. The van der Waals surface area contributed by atoms with Crippen LogP contribution >= 0.6 is 11.8 Å². The minimum Gasteiger partial charge on any atom is -0.476 e. The maximum atomic E-state index is 13.8. The van der Waals surface area contributed by atoms with E-state index in [0.717, 1.165) is 21.6 Å². The summed E-state index contributed by atoms with van der Waals surface area (Å²) < 4.78 is 18.4. The van der Waals surface area contributed by atoms with E-state index in [1.165, 1.54) is 6.20 Å². The fraction of sp³-hybridized carbons (Fsp3) is 0.438. The Labute approximate surface area is 251 Å². The second-order valence-corrected chi connectivity index (χ2v) is 12.1. The van der Waals surface area contributed by atoms with E-state index < -0.39 is 23.6 Å². The third kappa shape index (κ3) is 7.15. The van der Waals surface area contributed by atoms with Crippen LogP contribution < -0.4 is 9.47 Å². The maximum Gasteiger partial charge on any atom is 0.415 e. The van der Waals surface area contributed by atoms with Crippen LogP contribution in [-0.2, 0) is 23.0 Å². The number of hydrogen-bond acceptors (Lipinski definition) is 8. The van der Waals surface area contributed by atoms with Gasteiger partial charge in [0.05, 0.1) is 19.0 Å². The van der Waals surface area contributed by atoms with Crippen molar-refractivity contribution >= 4 is 29.6 Å². The van der Waals surface area contributed by atoms with E-state index in [9.17, 15) is 14.4 Å². The summed E-state index contributed by atoms with van der Waals surface area (Å²) in [5.41, 5.74) is 2.26. The number of likely N-dealkylation sites (tertiary alicyclic amines) is 1. The molecule has 10 heteroatoms. The molecule has 0 radical (unpaired) electrons. The van der Waals surface area contributed by atoms with Crippen LogP contribution in [-0.4, -0.2) is 64.1 Å². The number of aromatic nitrogens is 2. The highest BCUT2D eigenvalue weighted by Gasteiger charge is 2.41. The zero-order valence-corrected chi connectivity index (χ0v) is 26.1. The van der Waals surface area contributed by atoms with Gasteiger partial charge in [-0.1, -0.05) is 24.3 Å². The standard InChI is InChI=1S/C32H39N3O6S/c1-8-39-30(37)32(4,5)41-29-20(2)13-22(14-21(29)3)15-24-17-35(31(38)40-25-16-33-34(6)18-25)19-27(24)28(36)23-9-11-26(42-7)12-10-23/h9-14,16,18,24,27H,8,15,17,19H2,1-7H3/t24-,27?/m0/s1. The van der Waals surface area contributed by atoms with Crippen LogP contribution in [0.3, 0.4) is 0 Å². The second kappa shape index (κ2) is 13.0. The molecule has 1 fully saturated rings. The topological polar surface area (TPSA) is 100.0 Å². The van der Waals surface area contributed by atoms with Crippen molar-refractivity contribution in [2.75, 3.05) is 26.0 Å². The number of amides is 1. The Morgan fingerprint density at radius 3 is 2.31 bits per heavy atom. The van der Waals surface area contributed by atoms with Gasteiger partial charge in [-0.15, -0.1) is 11.8 Å². The smallest absolute Gasteiger partial charge is 0.415 e. The summed E-state index contributed by atoms with van der Waals surface area (Å²) in [4.78, 5) is 42.0. The molecule has 1 unspecified atom stereocenters. The van der Waals surface area contributed by atoms with Crippen molar-refractivity contribution < 1.29 is 28.6 Å². The molecule has 2 heterocycles. The van der Waals surface area contributed by atoms with E-state index in [1.807, 2.05) is 56.5 Å². The molecular formula is C32H39N3O6S. The first kappa shape index (κ1) is 31.2. The Kier molecular flexibility index (Phi) is 9.66. The van der Waals surface area contributed by atoms with Crippen LogP contribution in [0.5, 0.6) is 11.5 Å². The fourth-order valence-corrected chi connectivity index (χ4v) is 5.74. The van der Waals surface area contributed by atoms with E-state index >= 15 is 0 Å². The Bertz CT molecular complexity index is 1430. The van der Waals surface area contributed by atoms with Gasteiger partial charge in [-0.2, -0.15) is 5.10 Å². The number of thioether (sulfide) groups is 1. The molecule has 4 rings (SSSR count). The van der Waals surface area contributed by atoms with Gasteiger partial charge < -0.3 is 19.1 Å². The van der Waals surface area contributed by atoms with Crippen LogP contribution in [0.25, 0.3) is 0 Å². The molecule has 1 aromatic heterocycles. The van der Waals surface area contributed by atoms with Crippen LogP contribution in [0.1, 0.15) is 47.8 Å². The van der Waals surface area contributed by atoms with Crippen molar-refractivity contribution in [3.8, 4) is 11.5 Å². The largest absolute Gasteiger partial charge is 0.476 e. The number of carbonyl (C=O) groups is 3. The van der Waals surface area contributed by atoms with Gasteiger partial charge in [0.2, 0.25) is 0 Å². The minimum atomic E-state index is -1.14. The third-order valence-corrected chi connectivity index (χ3v) is 8.18. The molecule has 1 saturated heterocycles. The number of rotatable bonds is 10. The maximum absolute atomic E-state index is 13.8. The molecule has 1 aliphatic heterocycles. The number of ketones is 1. The van der Waals surface area contributed by atoms with Gasteiger partial charge in [-0.05, 0) is 82.0 Å². The van der Waals surface area contributed by atoms with Crippen molar-refractivity contribution in [3.63, 3.8) is 0 Å². The number of hydrogen-bond donors (Lipinski definition) is 0. The van der Waals surface area contributed by atoms with Crippen molar-refractivity contribution in [1.29, 1.82) is 0 Å². The van der Waals surface area contributed by atoms with E-state index in [2.05, 4.69) is 5.10 Å². The number of nitrogens with zero attached hydrogens (tertiary/aromatic N) is 3. The Hall–Kier alpha value is -3.79. The summed E-state index contributed by atoms with van der Waals surface area (Å²) in [5.74, 6) is 0.0463. The highest BCUT2D eigenvalue weighted by atomic mass is 32.2. The first-order valence-corrected chi connectivity index (χ1v) is 15.2. The summed E-state index contributed by atoms with van der Waals surface area (Å²) >= 11 is 1.62. The number of esters is 1. The molecule has 1 aliphatic rings. The van der Waals surface area contributed by atoms with Crippen LogP contribution in [0.2, 0.25) is 0 Å². The molecule has 0 N–H and O–H groups in total. The molecule has 1 amide bonds. The highest BCUT2D eigenvalue weighted by molar-refractivity contribution is 7.98. The molecule has 2 atom stereocenters. The molecule has 0 saturated carbocycles. The molecule has 42 heavy (non-hydrogen) atoms. The predicted molar refractivity (Wildman–Crippen MR) is 161 cm³/mol. The van der Waals surface area contributed by atoms with Gasteiger partial charge >= 0.3 is 12.1 Å². The molecule has 9 nitrogen and oxygen atoms in total. The molecular weight excluding hydrogens is 554 g/mol. The lowest BCUT2D eigenvalue weighted by Crippen LogP contribution is -2.40. The predicted octanol–water partition coefficient (Wildman–Crippen LogP) is 5.65. The fourth-order valence-electron chi connectivity index (χ4n) is 5.33. The Morgan fingerprint density at radius 2 is 1.74 bits per heavy atom. The van der Waals surface area contributed by atoms with E-state index in [-0.39, 0.29) is 24.9 Å². The van der Waals surface area contributed by atoms with E-state index in [0.29, 0.717) is 30.0 Å². The van der Waals surface area contributed by atoms with Gasteiger partial charge in [0, 0.05) is 36.5 Å². The zero-order valence-electron chi connectivity index (χ0n) is 25.3. The Morgan fingerprint density at radius 1 is 1.07 bits per heavy atom. The number of carbonyl (C=O) groups excluding carboxylic acids is 3. The molecule has 0 bridgehead atoms. The van der Waals surface area contributed by atoms with Gasteiger partial charge in [0.25, 0.3) is 0 Å². The Balaban J connectivity index is 1.57. The lowest BCUT2D eigenvalue weighted by atomic mass is 9.84. The first-order chi connectivity index (χ1) is 19.9. The van der Waals surface area contributed by atoms with Crippen molar-refractivity contribution in [3.05, 3.63) is 71.0 Å². The van der Waals surface area contributed by atoms with Crippen LogP contribution in [0.4, 0.5) is 4.79 Å². The SMILES string of the molecule is CCOC(=O)C(C)(C)Oc1c(C)cc(C[C@H]2CN(C(=O)Oc3cnn(C)c3)CC2C(=O)c2ccc(SC)cc2)cc1C. The summed E-state index contributed by atoms with van der Waals surface area (Å²) in [6.45, 7) is 9.95. The first-order valence-electron chi connectivity index (χ1n) is 14.0. The van der Waals surface area contributed by atoms with Crippen molar-refractivity contribution in [2.24, 2.45) is 18.9 Å². The van der Waals surface area contributed by atoms with Gasteiger partial charge in [0.15, 0.2) is 17.1 Å². The summed E-state index contributed by atoms with van der Waals surface area (Å²) in [6.07, 6.45) is 5.19. The summed E-state index contributed by atoms with van der Waals surface area (Å²) in [6, 6.07) is 11.6. The quantitative estimate of drug-likeness (QED) is 0.169. The number of aryl methyl sites for hydroxylation is 3. The monoisotopic (exact) mass is 593 g/mol. The second-order valence-electron chi connectivity index (χ2n) is 11.2. The number of Topliss-reactive ketones (excluding diaryl/α,β-unsaturated/α-hetero) is 1. The normalized spacial score (nSPS) is 16.8. The minimum absolute atomic E-state index is 0.00825. The summed E-state index contributed by atoms with van der Waals surface area (Å²) in [5, 5.41) is 4.06. The summed E-state index contributed by atoms with van der Waals surface area (Å²) in [7, 11) is 1.75. The van der Waals surface area contributed by atoms with E-state index in [1.54, 1.807) is 55.4 Å². The lowest BCUT2D eigenvalue weighted by molar-refractivity contribution is -0.158. The van der Waals surface area contributed by atoms with Crippen molar-refractivity contribution in [1.82, 2.24) is 14.7 Å². The average molecular weight is 594 g/mol. The molecule has 0 aliphatic carbocycles. The highest BCUT2D eigenvalue weighted by Crippen LogP contribution is 2.34.